The molecule has 8 aromatic carbocycles. The molecule has 0 spiro atoms. The van der Waals surface area contributed by atoms with Gasteiger partial charge in [0.15, 0.2) is 14.2 Å². The van der Waals surface area contributed by atoms with Crippen LogP contribution < -0.4 is 0 Å². The van der Waals surface area contributed by atoms with E-state index in [4.69, 9.17) is 0 Å². The largest absolute Gasteiger partial charge is 0.584 e. The molecule has 0 bridgehead atoms. The molecule has 0 saturated carbocycles. The summed E-state index contributed by atoms with van der Waals surface area (Å²) >= 11 is 3.19. The van der Waals surface area contributed by atoms with Crippen LogP contribution >= 0.6 is 22.7 Å². The van der Waals surface area contributed by atoms with Crippen LogP contribution in [0.2, 0.25) is 0 Å². The van der Waals surface area contributed by atoms with Crippen LogP contribution in [0.15, 0.2) is 204 Å². The quantitative estimate of drug-likeness (QED) is 0.0989. The number of rotatable bonds is 6. The van der Waals surface area contributed by atoms with E-state index in [0.717, 1.165) is 89.4 Å². The van der Waals surface area contributed by atoms with Crippen LogP contribution in [0.25, 0.3) is 77.2 Å². The van der Waals surface area contributed by atoms with Gasteiger partial charge in [-0.3, -0.25) is 0 Å². The molecule has 0 aliphatic heterocycles. The number of hydrogen-bond donors (Lipinski definition) is 2. The predicted molar refractivity (Wildman–Crippen MR) is 298 cm³/mol. The Morgan fingerprint density at radius 1 is 0.394 bits per heavy atom. The van der Waals surface area contributed by atoms with E-state index in [9.17, 15) is 10.2 Å². The molecule has 71 heavy (non-hydrogen) atoms. The molecule has 0 radical (unpaired) electrons. The monoisotopic (exact) mass is 1130 g/mol. The second-order valence-electron chi connectivity index (χ2n) is 16.9. The van der Waals surface area contributed by atoms with Gasteiger partial charge in [0.25, 0.3) is 11.5 Å². The van der Waals surface area contributed by atoms with Crippen molar-refractivity contribution in [3.63, 3.8) is 0 Å². The molecule has 4 heterocycles. The number of aliphatic hydroxyl groups is 2. The fourth-order valence-corrected chi connectivity index (χ4v) is 10.5. The molecular formula is C62H54HfN2O4S2. The average molecular weight is 1130 g/mol. The van der Waals surface area contributed by atoms with Crippen LogP contribution in [0.3, 0.4) is 0 Å². The van der Waals surface area contributed by atoms with E-state index in [-0.39, 0.29) is 37.3 Å². The standard InChI is InChI=1S/2C24H19NO2S.2C7H7.Hf/c2*1-15-11-18(19-13-28-14-23(19)27-2)24(26)22(12-15)25-20-9-5-3-7-16(20)17-8-4-6-10-21(17)25;2*1-7-5-3-2-4-6-7;/h2*3-14,26H,1-2H3;2*2-6H,1H2;/q;;2*-1;/p+2. The number of phenols is 2. The number of nitrogens with zero attached hydrogens (tertiary/aromatic N) is 2. The Morgan fingerprint density at radius 3 is 0.972 bits per heavy atom. The van der Waals surface area contributed by atoms with E-state index in [2.05, 4.69) is 119 Å². The van der Waals surface area contributed by atoms with Crippen molar-refractivity contribution in [3.05, 3.63) is 240 Å². The molecule has 0 aliphatic rings. The Kier molecular flexibility index (Phi) is 15.9. The van der Waals surface area contributed by atoms with E-state index in [1.807, 2.05) is 131 Å². The molecule has 0 saturated heterocycles. The molecular weight excluding hydrogens is 1080 g/mol. The summed E-state index contributed by atoms with van der Waals surface area (Å²) in [5, 5.41) is 35.5. The van der Waals surface area contributed by atoms with Gasteiger partial charge in [0.05, 0.1) is 55.3 Å². The maximum atomic E-state index is 11.3. The van der Waals surface area contributed by atoms with E-state index in [0.29, 0.717) is 0 Å². The number of fused-ring (bicyclic) bond motifs is 6. The van der Waals surface area contributed by atoms with Gasteiger partial charge < -0.3 is 28.8 Å². The second kappa shape index (κ2) is 22.5. The molecule has 0 amide bonds. The smallest absolute Gasteiger partial charge is 0.273 e. The van der Waals surface area contributed by atoms with Crippen molar-refractivity contribution in [1.29, 1.82) is 0 Å². The predicted octanol–water partition coefficient (Wildman–Crippen LogP) is 16.5. The number of ether oxygens (including phenoxy) is 2. The number of hydrogen-bond acceptors (Lipinski definition) is 4. The van der Waals surface area contributed by atoms with Crippen molar-refractivity contribution in [2.45, 2.75) is 13.8 Å². The molecule has 0 fully saturated rings. The van der Waals surface area contributed by atoms with Crippen LogP contribution in [0.5, 0.6) is 23.0 Å². The maximum Gasteiger partial charge on any atom is 0.273 e. The van der Waals surface area contributed by atoms with Gasteiger partial charge in [-0.15, -0.1) is 46.9 Å². The summed E-state index contributed by atoms with van der Waals surface area (Å²) in [6.45, 7) is 11.6. The zero-order chi connectivity index (χ0) is 48.7. The molecule has 9 heteroatoms. The van der Waals surface area contributed by atoms with Crippen molar-refractivity contribution in [1.82, 2.24) is 9.13 Å². The minimum absolute atomic E-state index is 0. The molecule has 12 rings (SSSR count). The molecule has 0 unspecified atom stereocenters. The van der Waals surface area contributed by atoms with Crippen LogP contribution in [0, 0.1) is 27.7 Å². The van der Waals surface area contributed by atoms with Gasteiger partial charge in [0.1, 0.15) is 11.5 Å². The van der Waals surface area contributed by atoms with Crippen molar-refractivity contribution in [3.8, 4) is 56.6 Å². The summed E-state index contributed by atoms with van der Waals surface area (Å²) in [5.74, 6) is 2.36. The third kappa shape index (κ3) is 10.4. The maximum absolute atomic E-state index is 11.3. The van der Waals surface area contributed by atoms with E-state index in [1.165, 1.54) is 21.5 Å². The molecule has 6 nitrogen and oxygen atoms in total. The number of thiophene rings is 2. The molecule has 4 N–H and O–H groups in total. The fourth-order valence-electron chi connectivity index (χ4n) is 8.92. The topological polar surface area (TPSA) is 75.9 Å². The van der Waals surface area contributed by atoms with Crippen LogP contribution in [-0.2, 0) is 25.8 Å². The number of aromatic nitrogens is 2. The van der Waals surface area contributed by atoms with E-state index < -0.39 is 0 Å². The van der Waals surface area contributed by atoms with Crippen molar-refractivity contribution >= 4 is 66.3 Å². The van der Waals surface area contributed by atoms with Gasteiger partial charge in [-0.05, 0) is 73.5 Å². The molecule has 12 aromatic rings. The number of aromatic hydroxyl groups is 4. The first-order valence-corrected chi connectivity index (χ1v) is 24.8. The van der Waals surface area contributed by atoms with Crippen molar-refractivity contribution in [2.75, 3.05) is 14.2 Å². The van der Waals surface area contributed by atoms with Gasteiger partial charge in [-0.25, -0.2) is 0 Å². The summed E-state index contributed by atoms with van der Waals surface area (Å²) in [5.41, 5.74) is 13.8. The van der Waals surface area contributed by atoms with Crippen molar-refractivity contribution in [2.24, 2.45) is 0 Å². The molecule has 0 atom stereocenters. The summed E-state index contributed by atoms with van der Waals surface area (Å²) < 4.78 is 13.0. The number of aryl methyl sites for hydroxylation is 2. The first-order chi connectivity index (χ1) is 34.2. The van der Waals surface area contributed by atoms with E-state index >= 15 is 0 Å². The van der Waals surface area contributed by atoms with Crippen LogP contribution in [0.1, 0.15) is 22.3 Å². The van der Waals surface area contributed by atoms with Crippen LogP contribution in [-0.4, -0.2) is 43.0 Å². The number of benzene rings is 8. The van der Waals surface area contributed by atoms with Gasteiger partial charge in [-0.1, -0.05) is 84.9 Å². The molecule has 0 aliphatic carbocycles. The zero-order valence-corrected chi connectivity index (χ0v) is 45.3. The summed E-state index contributed by atoms with van der Waals surface area (Å²) in [6.07, 6.45) is 0. The first-order valence-electron chi connectivity index (χ1n) is 22.9. The van der Waals surface area contributed by atoms with Gasteiger partial charge in [-0.2, -0.15) is 49.2 Å². The van der Waals surface area contributed by atoms with Crippen molar-refractivity contribution < 1.29 is 45.5 Å². The summed E-state index contributed by atoms with van der Waals surface area (Å²) in [7, 11) is 3.57. The fraction of sp³-hybridized carbons (Fsp3) is 0.0645. The molecule has 352 valence electrons. The number of phenolic OH excluding ortho intramolecular Hbond substituents is 2. The minimum atomic E-state index is 0. The average Bonchev–Trinajstić information content (AvgIpc) is 4.20. The van der Waals surface area contributed by atoms with E-state index in [1.54, 1.807) is 36.9 Å². The van der Waals surface area contributed by atoms with Gasteiger partial charge in [0, 0.05) is 69.3 Å². The SMILES string of the molecule is C[OH+]c1cscc1-c1cc(C)cc(-n2c3ccccc3c3ccccc32)c1O.C[OH+]c1cscc1-c1cc(C)cc(-n2c3ccccc3c3ccccc32)c1O.[CH2-]c1ccccc1.[CH2-]c1ccccc1.[Hf]. The summed E-state index contributed by atoms with van der Waals surface area (Å²) in [4.78, 5) is 0. The second-order valence-corrected chi connectivity index (χ2v) is 18.3. The van der Waals surface area contributed by atoms with Crippen LogP contribution in [0.4, 0.5) is 0 Å². The number of para-hydroxylation sites is 4. The third-order valence-electron chi connectivity index (χ3n) is 12.1. The Balaban J connectivity index is 0.000000148. The molecule has 4 aromatic heterocycles. The third-order valence-corrected chi connectivity index (χ3v) is 13.6. The Labute approximate surface area is 442 Å². The Morgan fingerprint density at radius 2 is 0.690 bits per heavy atom. The summed E-state index contributed by atoms with van der Waals surface area (Å²) in [6, 6.07) is 61.3. The Hall–Kier alpha value is -7.43. The zero-order valence-electron chi connectivity index (χ0n) is 40.0. The van der Waals surface area contributed by atoms with Gasteiger partial charge >= 0.3 is 0 Å². The normalized spacial score (nSPS) is 10.6. The minimum Gasteiger partial charge on any atom is -0.584 e. The van der Waals surface area contributed by atoms with Gasteiger partial charge in [0.2, 0.25) is 0 Å². The first kappa shape index (κ1) is 50.0. The Bertz CT molecular complexity index is 3370.